The highest BCUT2D eigenvalue weighted by Gasteiger charge is 2.23. The molecule has 1 aliphatic heterocycles. The molecule has 5 heteroatoms. The Morgan fingerprint density at radius 3 is 2.72 bits per heavy atom. The predicted octanol–water partition coefficient (Wildman–Crippen LogP) is 2.93. The van der Waals surface area contributed by atoms with Crippen LogP contribution in [0.1, 0.15) is 50.5 Å². The molecule has 138 valence electrons. The lowest BCUT2D eigenvalue weighted by atomic mass is 9.95. The average molecular weight is 345 g/mol. The highest BCUT2D eigenvalue weighted by Crippen LogP contribution is 2.21. The summed E-state index contributed by atoms with van der Waals surface area (Å²) >= 11 is 0. The minimum absolute atomic E-state index is 0.203. The molecule has 2 fully saturated rings. The van der Waals surface area contributed by atoms with Gasteiger partial charge in [0.05, 0.1) is 13.2 Å². The third-order valence-electron chi connectivity index (χ3n) is 5.49. The van der Waals surface area contributed by atoms with Gasteiger partial charge in [-0.05, 0) is 57.7 Å². The van der Waals surface area contributed by atoms with Crippen molar-refractivity contribution in [2.45, 2.75) is 57.9 Å². The van der Waals surface area contributed by atoms with Crippen LogP contribution in [0.4, 0.5) is 0 Å². The Labute approximate surface area is 151 Å². The Hall–Kier alpha value is -1.62. The Bertz CT molecular complexity index is 550. The van der Waals surface area contributed by atoms with Gasteiger partial charge in [0, 0.05) is 24.0 Å². The van der Waals surface area contributed by atoms with E-state index in [1.165, 1.54) is 19.3 Å². The molecule has 1 saturated heterocycles. The molecule has 1 aromatic rings. The normalized spacial score (nSPS) is 20.4. The van der Waals surface area contributed by atoms with Crippen LogP contribution in [0.15, 0.2) is 18.5 Å². The number of aryl methyl sites for hydroxylation is 1. The van der Waals surface area contributed by atoms with Crippen LogP contribution < -0.4 is 10.1 Å². The van der Waals surface area contributed by atoms with Crippen molar-refractivity contribution in [2.75, 3.05) is 26.2 Å². The average Bonchev–Trinajstić information content (AvgIpc) is 2.63. The summed E-state index contributed by atoms with van der Waals surface area (Å²) in [5, 5.41) is 3.22. The number of likely N-dealkylation sites (tertiary alicyclic amines) is 1. The summed E-state index contributed by atoms with van der Waals surface area (Å²) in [5.74, 6) is 1.71. The second kappa shape index (κ2) is 9.18. The van der Waals surface area contributed by atoms with Crippen molar-refractivity contribution in [1.82, 2.24) is 15.2 Å². The van der Waals surface area contributed by atoms with E-state index in [4.69, 9.17) is 4.74 Å². The molecule has 3 rings (SSSR count). The van der Waals surface area contributed by atoms with Gasteiger partial charge in [0.2, 0.25) is 5.91 Å². The zero-order valence-electron chi connectivity index (χ0n) is 15.4. The summed E-state index contributed by atoms with van der Waals surface area (Å²) in [6.45, 7) is 5.30. The highest BCUT2D eigenvalue weighted by atomic mass is 16.5. The van der Waals surface area contributed by atoms with Crippen LogP contribution >= 0.6 is 0 Å². The smallest absolute Gasteiger partial charge is 0.234 e. The standard InChI is InChI=1S/C20H31N3O2/c1-16-13-21-10-7-19(16)25-15-17-8-11-23(12-9-17)14-20(24)22-18-5-3-2-4-6-18/h7,10,13,17-18H,2-6,8-9,11-12,14-15H2,1H3,(H,22,24). The van der Waals surface area contributed by atoms with Gasteiger partial charge in [-0.25, -0.2) is 0 Å². The molecule has 25 heavy (non-hydrogen) atoms. The molecule has 0 bridgehead atoms. The molecular formula is C20H31N3O2. The Balaban J connectivity index is 1.34. The predicted molar refractivity (Wildman–Crippen MR) is 98.6 cm³/mol. The molecule has 0 spiro atoms. The molecular weight excluding hydrogens is 314 g/mol. The third-order valence-corrected chi connectivity index (χ3v) is 5.49. The lowest BCUT2D eigenvalue weighted by Crippen LogP contribution is -2.45. The minimum atomic E-state index is 0.203. The number of hydrogen-bond acceptors (Lipinski definition) is 4. The molecule has 0 radical (unpaired) electrons. The van der Waals surface area contributed by atoms with Gasteiger partial charge >= 0.3 is 0 Å². The van der Waals surface area contributed by atoms with Gasteiger partial charge in [-0.1, -0.05) is 19.3 Å². The summed E-state index contributed by atoms with van der Waals surface area (Å²) in [6.07, 6.45) is 11.9. The van der Waals surface area contributed by atoms with Crippen molar-refractivity contribution in [1.29, 1.82) is 0 Å². The van der Waals surface area contributed by atoms with Crippen LogP contribution in [0.3, 0.4) is 0 Å². The van der Waals surface area contributed by atoms with E-state index in [1.54, 1.807) is 6.20 Å². The number of nitrogens with one attached hydrogen (secondary N) is 1. The van der Waals surface area contributed by atoms with Crippen molar-refractivity contribution in [3.8, 4) is 5.75 Å². The molecule has 0 unspecified atom stereocenters. The summed E-state index contributed by atoms with van der Waals surface area (Å²) in [4.78, 5) is 18.6. The molecule has 1 saturated carbocycles. The maximum atomic E-state index is 12.2. The number of hydrogen-bond donors (Lipinski definition) is 1. The first-order chi connectivity index (χ1) is 12.2. The van der Waals surface area contributed by atoms with Crippen LogP contribution in [0, 0.1) is 12.8 Å². The number of pyridine rings is 1. The van der Waals surface area contributed by atoms with Gasteiger partial charge in [0.25, 0.3) is 0 Å². The largest absolute Gasteiger partial charge is 0.493 e. The quantitative estimate of drug-likeness (QED) is 0.861. The van der Waals surface area contributed by atoms with E-state index in [9.17, 15) is 4.79 Å². The van der Waals surface area contributed by atoms with Gasteiger partial charge in [0.1, 0.15) is 5.75 Å². The van der Waals surface area contributed by atoms with Crippen molar-refractivity contribution < 1.29 is 9.53 Å². The first-order valence-corrected chi connectivity index (χ1v) is 9.76. The maximum Gasteiger partial charge on any atom is 0.234 e. The Morgan fingerprint density at radius 2 is 2.00 bits per heavy atom. The number of carbonyl (C=O) groups is 1. The van der Waals surface area contributed by atoms with Crippen molar-refractivity contribution in [3.63, 3.8) is 0 Å². The van der Waals surface area contributed by atoms with Crippen LogP contribution in [0.5, 0.6) is 5.75 Å². The topological polar surface area (TPSA) is 54.5 Å². The minimum Gasteiger partial charge on any atom is -0.493 e. The fourth-order valence-electron chi connectivity index (χ4n) is 3.86. The number of rotatable bonds is 6. The molecule has 1 aromatic heterocycles. The van der Waals surface area contributed by atoms with Gasteiger partial charge in [0.15, 0.2) is 0 Å². The second-order valence-electron chi connectivity index (χ2n) is 7.57. The molecule has 1 aliphatic carbocycles. The number of amides is 1. The van der Waals surface area contributed by atoms with Crippen LogP contribution in [0.25, 0.3) is 0 Å². The molecule has 2 heterocycles. The van der Waals surface area contributed by atoms with E-state index in [1.807, 2.05) is 19.2 Å². The van der Waals surface area contributed by atoms with Crippen LogP contribution in [-0.2, 0) is 4.79 Å². The van der Waals surface area contributed by atoms with Crippen LogP contribution in [0.2, 0.25) is 0 Å². The zero-order valence-corrected chi connectivity index (χ0v) is 15.4. The number of ether oxygens (including phenoxy) is 1. The SMILES string of the molecule is Cc1cnccc1OCC1CCN(CC(=O)NC2CCCCC2)CC1. The monoisotopic (exact) mass is 345 g/mol. The summed E-state index contributed by atoms with van der Waals surface area (Å²) < 4.78 is 5.96. The lowest BCUT2D eigenvalue weighted by molar-refractivity contribution is -0.123. The van der Waals surface area contributed by atoms with E-state index in [0.29, 0.717) is 18.5 Å². The van der Waals surface area contributed by atoms with Crippen molar-refractivity contribution in [2.24, 2.45) is 5.92 Å². The highest BCUT2D eigenvalue weighted by molar-refractivity contribution is 5.78. The van der Waals surface area contributed by atoms with E-state index in [-0.39, 0.29) is 5.91 Å². The molecule has 2 aliphatic rings. The molecule has 1 amide bonds. The number of piperidine rings is 1. The fraction of sp³-hybridized carbons (Fsp3) is 0.700. The Morgan fingerprint density at radius 1 is 1.24 bits per heavy atom. The van der Waals surface area contributed by atoms with Gasteiger partial charge in [-0.2, -0.15) is 0 Å². The first kappa shape index (κ1) is 18.2. The Kier molecular flexibility index (Phi) is 6.68. The molecule has 0 atom stereocenters. The lowest BCUT2D eigenvalue weighted by Gasteiger charge is -2.32. The van der Waals surface area contributed by atoms with E-state index < -0.39 is 0 Å². The molecule has 0 aromatic carbocycles. The summed E-state index contributed by atoms with van der Waals surface area (Å²) in [6, 6.07) is 2.34. The third kappa shape index (κ3) is 5.70. The second-order valence-corrected chi connectivity index (χ2v) is 7.57. The van der Waals surface area contributed by atoms with E-state index in [0.717, 1.165) is 56.7 Å². The van der Waals surface area contributed by atoms with E-state index in [2.05, 4.69) is 15.2 Å². The number of nitrogens with zero attached hydrogens (tertiary/aromatic N) is 2. The van der Waals surface area contributed by atoms with Crippen LogP contribution in [-0.4, -0.2) is 48.1 Å². The number of carbonyl (C=O) groups excluding carboxylic acids is 1. The number of aromatic nitrogens is 1. The molecule has 5 nitrogen and oxygen atoms in total. The first-order valence-electron chi connectivity index (χ1n) is 9.76. The molecule has 1 N–H and O–H groups in total. The van der Waals surface area contributed by atoms with Crippen molar-refractivity contribution in [3.05, 3.63) is 24.0 Å². The van der Waals surface area contributed by atoms with Gasteiger partial charge < -0.3 is 10.1 Å². The zero-order chi connectivity index (χ0) is 17.5. The van der Waals surface area contributed by atoms with Crippen molar-refractivity contribution >= 4 is 5.91 Å². The van der Waals surface area contributed by atoms with Gasteiger partial charge in [-0.3, -0.25) is 14.7 Å². The summed E-state index contributed by atoms with van der Waals surface area (Å²) in [5.41, 5.74) is 1.08. The van der Waals surface area contributed by atoms with Gasteiger partial charge in [-0.15, -0.1) is 0 Å². The fourth-order valence-corrected chi connectivity index (χ4v) is 3.86. The maximum absolute atomic E-state index is 12.2. The van der Waals surface area contributed by atoms with E-state index >= 15 is 0 Å². The summed E-state index contributed by atoms with van der Waals surface area (Å²) in [7, 11) is 0.